The maximum Gasteiger partial charge on any atom is 0.417 e. The van der Waals surface area contributed by atoms with Gasteiger partial charge in [-0.3, -0.25) is 4.79 Å². The fourth-order valence-electron chi connectivity index (χ4n) is 1.50. The highest BCUT2D eigenvalue weighted by Gasteiger charge is 2.05. The summed E-state index contributed by atoms with van der Waals surface area (Å²) in [5, 5.41) is 2.85. The summed E-state index contributed by atoms with van der Waals surface area (Å²) in [7, 11) is 0. The molecule has 1 rings (SSSR count). The molecule has 0 aromatic heterocycles. The summed E-state index contributed by atoms with van der Waals surface area (Å²) in [5.74, 6) is 0.00261. The predicted octanol–water partition coefficient (Wildman–Crippen LogP) is 2.05. The molecular weight excluding hydrogens is 218 g/mol. The Kier molecular flexibility index (Phi) is 5.79. The lowest BCUT2D eigenvalue weighted by molar-refractivity contribution is -0.116. The van der Waals surface area contributed by atoms with Crippen molar-refractivity contribution >= 4 is 18.1 Å². The number of anilines is 1. The highest BCUT2D eigenvalue weighted by molar-refractivity contribution is 5.91. The quantitative estimate of drug-likeness (QED) is 0.734. The molecule has 0 bridgehead atoms. The Morgan fingerprint density at radius 2 is 2.18 bits per heavy atom. The Morgan fingerprint density at radius 1 is 1.41 bits per heavy atom. The van der Waals surface area contributed by atoms with Crippen molar-refractivity contribution in [1.82, 2.24) is 0 Å². The molecule has 0 unspecified atom stereocenters. The standard InChI is InChI=1S/C13H16NO3/c1-2-5-13(16)14-12-7-4-3-6-11(12)8-9-17-10-15/h3-4,6-7H,2,5,8-9H2,1H3,(H,14,16). The first-order valence-electron chi connectivity index (χ1n) is 5.64. The summed E-state index contributed by atoms with van der Waals surface area (Å²) in [6, 6.07) is 7.48. The first-order valence-corrected chi connectivity index (χ1v) is 5.64. The smallest absolute Gasteiger partial charge is 0.417 e. The van der Waals surface area contributed by atoms with Gasteiger partial charge >= 0.3 is 6.47 Å². The molecule has 1 radical (unpaired) electrons. The van der Waals surface area contributed by atoms with Gasteiger partial charge < -0.3 is 10.1 Å². The average Bonchev–Trinajstić information content (AvgIpc) is 2.32. The number of para-hydroxylation sites is 1. The van der Waals surface area contributed by atoms with Crippen LogP contribution in [0.3, 0.4) is 0 Å². The second-order valence-electron chi connectivity index (χ2n) is 3.64. The van der Waals surface area contributed by atoms with Crippen LogP contribution in [0.5, 0.6) is 0 Å². The third kappa shape index (κ3) is 4.68. The summed E-state index contributed by atoms with van der Waals surface area (Å²) in [4.78, 5) is 21.4. The van der Waals surface area contributed by atoms with Gasteiger partial charge in [0.1, 0.15) is 0 Å². The van der Waals surface area contributed by atoms with Crippen molar-refractivity contribution in [3.05, 3.63) is 29.8 Å². The van der Waals surface area contributed by atoms with Crippen molar-refractivity contribution in [2.75, 3.05) is 11.9 Å². The van der Waals surface area contributed by atoms with Crippen LogP contribution in [0.1, 0.15) is 25.3 Å². The van der Waals surface area contributed by atoms with Gasteiger partial charge in [0.2, 0.25) is 5.91 Å². The lowest BCUT2D eigenvalue weighted by Gasteiger charge is -2.10. The molecule has 0 atom stereocenters. The number of carbonyl (C=O) groups excluding carboxylic acids is 2. The molecule has 91 valence electrons. The number of carbonyl (C=O) groups is 1. The molecule has 1 N–H and O–H groups in total. The predicted molar refractivity (Wildman–Crippen MR) is 65.3 cm³/mol. The average molecular weight is 234 g/mol. The number of nitrogens with one attached hydrogen (secondary N) is 1. The summed E-state index contributed by atoms with van der Waals surface area (Å²) < 4.78 is 4.53. The molecule has 0 aliphatic heterocycles. The number of rotatable bonds is 7. The maximum atomic E-state index is 11.5. The Bertz CT molecular complexity index is 377. The maximum absolute atomic E-state index is 11.5. The SMILES string of the molecule is CCCC(=O)Nc1ccccc1CCO[C]=O. The van der Waals surface area contributed by atoms with Crippen molar-refractivity contribution in [3.8, 4) is 0 Å². The number of hydrogen-bond donors (Lipinski definition) is 1. The molecule has 0 heterocycles. The molecule has 4 nitrogen and oxygen atoms in total. The van der Waals surface area contributed by atoms with E-state index in [0.717, 1.165) is 17.7 Å². The Labute approximate surface area is 101 Å². The van der Waals surface area contributed by atoms with Gasteiger partial charge in [0.25, 0.3) is 0 Å². The highest BCUT2D eigenvalue weighted by atomic mass is 16.5. The Balaban J connectivity index is 2.63. The summed E-state index contributed by atoms with van der Waals surface area (Å²) >= 11 is 0. The van der Waals surface area contributed by atoms with Crippen LogP contribution in [0, 0.1) is 0 Å². The zero-order chi connectivity index (χ0) is 12.5. The van der Waals surface area contributed by atoms with Crippen LogP contribution in [-0.4, -0.2) is 19.0 Å². The largest absolute Gasteiger partial charge is 0.457 e. The van der Waals surface area contributed by atoms with Gasteiger partial charge in [0.15, 0.2) is 0 Å². The van der Waals surface area contributed by atoms with E-state index in [2.05, 4.69) is 10.1 Å². The molecule has 0 spiro atoms. The van der Waals surface area contributed by atoms with Crippen LogP contribution in [0.2, 0.25) is 0 Å². The van der Waals surface area contributed by atoms with Crippen LogP contribution in [0.25, 0.3) is 0 Å². The van der Waals surface area contributed by atoms with Crippen LogP contribution in [0.4, 0.5) is 5.69 Å². The van der Waals surface area contributed by atoms with Crippen LogP contribution < -0.4 is 5.32 Å². The molecule has 0 aliphatic carbocycles. The van der Waals surface area contributed by atoms with Crippen molar-refractivity contribution < 1.29 is 14.3 Å². The molecule has 0 fully saturated rings. The lowest BCUT2D eigenvalue weighted by atomic mass is 10.1. The van der Waals surface area contributed by atoms with E-state index in [1.54, 1.807) is 0 Å². The minimum Gasteiger partial charge on any atom is -0.457 e. The van der Waals surface area contributed by atoms with Crippen molar-refractivity contribution in [2.45, 2.75) is 26.2 Å². The third-order valence-electron chi connectivity index (χ3n) is 2.30. The highest BCUT2D eigenvalue weighted by Crippen LogP contribution is 2.16. The molecule has 17 heavy (non-hydrogen) atoms. The van der Waals surface area contributed by atoms with E-state index in [4.69, 9.17) is 0 Å². The zero-order valence-corrected chi connectivity index (χ0v) is 9.86. The number of benzene rings is 1. The molecule has 0 saturated carbocycles. The lowest BCUT2D eigenvalue weighted by Crippen LogP contribution is -2.12. The van der Waals surface area contributed by atoms with Crippen LogP contribution in [-0.2, 0) is 20.7 Å². The molecule has 1 aromatic carbocycles. The molecule has 0 aliphatic rings. The van der Waals surface area contributed by atoms with E-state index in [1.807, 2.05) is 31.2 Å². The molecule has 0 saturated heterocycles. The van der Waals surface area contributed by atoms with E-state index >= 15 is 0 Å². The van der Waals surface area contributed by atoms with Gasteiger partial charge in [-0.25, -0.2) is 4.79 Å². The number of amides is 1. The van der Waals surface area contributed by atoms with Crippen LogP contribution >= 0.6 is 0 Å². The zero-order valence-electron chi connectivity index (χ0n) is 9.86. The second kappa shape index (κ2) is 7.44. The van der Waals surface area contributed by atoms with E-state index in [-0.39, 0.29) is 12.5 Å². The Morgan fingerprint density at radius 3 is 2.88 bits per heavy atom. The normalized spacial score (nSPS) is 9.71. The van der Waals surface area contributed by atoms with E-state index in [9.17, 15) is 9.59 Å². The van der Waals surface area contributed by atoms with Gasteiger partial charge in [-0.05, 0) is 18.1 Å². The molecule has 1 amide bonds. The fraction of sp³-hybridized carbons (Fsp3) is 0.385. The van der Waals surface area contributed by atoms with E-state index in [1.165, 1.54) is 6.47 Å². The summed E-state index contributed by atoms with van der Waals surface area (Å²) in [5.41, 5.74) is 1.73. The summed E-state index contributed by atoms with van der Waals surface area (Å²) in [6.45, 7) is 3.61. The van der Waals surface area contributed by atoms with Gasteiger partial charge in [0, 0.05) is 18.5 Å². The van der Waals surface area contributed by atoms with Gasteiger partial charge in [-0.15, -0.1) is 0 Å². The van der Waals surface area contributed by atoms with Gasteiger partial charge in [-0.1, -0.05) is 25.1 Å². The molecule has 1 aromatic rings. The first kappa shape index (κ1) is 13.2. The van der Waals surface area contributed by atoms with E-state index in [0.29, 0.717) is 12.8 Å². The van der Waals surface area contributed by atoms with Crippen LogP contribution in [0.15, 0.2) is 24.3 Å². The Hall–Kier alpha value is -1.84. The topological polar surface area (TPSA) is 55.4 Å². The third-order valence-corrected chi connectivity index (χ3v) is 2.30. The molecular formula is C13H16NO3. The van der Waals surface area contributed by atoms with Crippen molar-refractivity contribution in [2.24, 2.45) is 0 Å². The number of hydrogen-bond acceptors (Lipinski definition) is 3. The minimum absolute atomic E-state index is 0.00261. The van der Waals surface area contributed by atoms with Crippen molar-refractivity contribution in [1.29, 1.82) is 0 Å². The second-order valence-corrected chi connectivity index (χ2v) is 3.64. The van der Waals surface area contributed by atoms with Gasteiger partial charge in [0.05, 0.1) is 6.61 Å². The monoisotopic (exact) mass is 234 g/mol. The first-order chi connectivity index (χ1) is 8.27. The minimum atomic E-state index is 0.00261. The van der Waals surface area contributed by atoms with Crippen molar-refractivity contribution in [3.63, 3.8) is 0 Å². The number of ether oxygens (including phenoxy) is 1. The van der Waals surface area contributed by atoms with Gasteiger partial charge in [-0.2, -0.15) is 0 Å². The fourth-order valence-corrected chi connectivity index (χ4v) is 1.50. The summed E-state index contributed by atoms with van der Waals surface area (Å²) in [6.07, 6.45) is 1.89. The molecule has 4 heteroatoms. The van der Waals surface area contributed by atoms with E-state index < -0.39 is 0 Å².